The molecule has 0 heterocycles. The highest BCUT2D eigenvalue weighted by molar-refractivity contribution is 7.54. The van der Waals surface area contributed by atoms with Gasteiger partial charge in [-0.25, -0.2) is 0 Å². The fourth-order valence-electron chi connectivity index (χ4n) is 0.854. The first-order valence-corrected chi connectivity index (χ1v) is 9.81. The highest BCUT2D eigenvalue weighted by Crippen LogP contribution is 2.03. The van der Waals surface area contributed by atoms with Crippen LogP contribution in [0.15, 0.2) is 0 Å². The second-order valence-electron chi connectivity index (χ2n) is 2.66. The summed E-state index contributed by atoms with van der Waals surface area (Å²) in [4.78, 5) is 0. The normalized spacial score (nSPS) is 9.50. The van der Waals surface area contributed by atoms with Crippen molar-refractivity contribution in [3.8, 4) is 0 Å². The molecule has 0 aromatic rings. The largest absolute Gasteiger partial charge is 0.326 e. The Morgan fingerprint density at radius 2 is 1.00 bits per heavy atom. The van der Waals surface area contributed by atoms with Crippen LogP contribution in [0.5, 0.6) is 0 Å². The summed E-state index contributed by atoms with van der Waals surface area (Å²) in [6.07, 6.45) is 8.49. The standard InChI is InChI=1S/C8H18.Cl3HSi/c1-3-5-7-8-6-4-2;1-4(2)3/h3-8H2,1-2H3;4H. The average Bonchev–Trinajstić information content (AvgIpc) is 1.97. The predicted octanol–water partition coefficient (Wildman–Crippen LogP) is 4.79. The maximum Gasteiger partial charge on any atom is 0.326 e. The lowest BCUT2D eigenvalue weighted by atomic mass is 10.1. The van der Waals surface area contributed by atoms with E-state index in [0.717, 1.165) is 0 Å². The monoisotopic (exact) mass is 248 g/mol. The lowest BCUT2D eigenvalue weighted by Crippen LogP contribution is -1.73. The van der Waals surface area contributed by atoms with Gasteiger partial charge in [-0.2, -0.15) is 0 Å². The first-order valence-electron chi connectivity index (χ1n) is 4.57. The van der Waals surface area contributed by atoms with Crippen LogP contribution in [0, 0.1) is 0 Å². The van der Waals surface area contributed by atoms with Crippen molar-refractivity contribution in [1.29, 1.82) is 0 Å². The van der Waals surface area contributed by atoms with Crippen molar-refractivity contribution in [1.82, 2.24) is 0 Å². The minimum atomic E-state index is -1.72. The number of hydrogen-bond acceptors (Lipinski definition) is 0. The Hall–Kier alpha value is 1.09. The first-order chi connectivity index (χ1) is 5.65. The van der Waals surface area contributed by atoms with Gasteiger partial charge in [0.2, 0.25) is 0 Å². The van der Waals surface area contributed by atoms with Crippen molar-refractivity contribution < 1.29 is 0 Å². The number of unbranched alkanes of at least 4 members (excludes halogenated alkanes) is 5. The number of hydrogen-bond donors (Lipinski definition) is 0. The molecule has 0 atom stereocenters. The third-order valence-corrected chi connectivity index (χ3v) is 1.46. The van der Waals surface area contributed by atoms with Gasteiger partial charge in [0.05, 0.1) is 0 Å². The minimum absolute atomic E-state index is 1.36. The maximum atomic E-state index is 4.94. The van der Waals surface area contributed by atoms with E-state index in [1.807, 2.05) is 0 Å². The fourth-order valence-corrected chi connectivity index (χ4v) is 0.854. The molecule has 4 heteroatoms. The number of rotatable bonds is 5. The molecular weight excluding hydrogens is 231 g/mol. The zero-order valence-corrected chi connectivity index (χ0v) is 11.4. The molecule has 0 nitrogen and oxygen atoms in total. The summed E-state index contributed by atoms with van der Waals surface area (Å²) >= 11 is 14.8. The molecule has 0 saturated heterocycles. The van der Waals surface area contributed by atoms with Crippen LogP contribution in [0.25, 0.3) is 0 Å². The van der Waals surface area contributed by atoms with Crippen LogP contribution in [-0.4, -0.2) is 6.73 Å². The Labute approximate surface area is 92.3 Å². The Kier molecular flexibility index (Phi) is 18.9. The van der Waals surface area contributed by atoms with E-state index in [-0.39, 0.29) is 0 Å². The summed E-state index contributed by atoms with van der Waals surface area (Å²) in [5.41, 5.74) is 0. The maximum absolute atomic E-state index is 4.94. The summed E-state index contributed by atoms with van der Waals surface area (Å²) < 4.78 is 0. The molecule has 0 fully saturated rings. The van der Waals surface area contributed by atoms with Gasteiger partial charge in [-0.05, 0) is 0 Å². The zero-order chi connectivity index (χ0) is 9.82. The van der Waals surface area contributed by atoms with Crippen molar-refractivity contribution >= 4 is 40.0 Å². The molecule has 0 saturated carbocycles. The van der Waals surface area contributed by atoms with Crippen LogP contribution < -0.4 is 0 Å². The fraction of sp³-hybridized carbons (Fsp3) is 1.00. The van der Waals surface area contributed by atoms with E-state index < -0.39 is 6.73 Å². The number of halogens is 3. The van der Waals surface area contributed by atoms with Crippen molar-refractivity contribution in [2.24, 2.45) is 0 Å². The summed E-state index contributed by atoms with van der Waals surface area (Å²) in [6, 6.07) is 0. The molecule has 0 radical (unpaired) electrons. The summed E-state index contributed by atoms with van der Waals surface area (Å²) in [6.45, 7) is 2.79. The quantitative estimate of drug-likeness (QED) is 0.373. The van der Waals surface area contributed by atoms with E-state index in [2.05, 4.69) is 13.8 Å². The molecule has 12 heavy (non-hydrogen) atoms. The van der Waals surface area contributed by atoms with E-state index in [1.165, 1.54) is 38.5 Å². The Balaban J connectivity index is 0. The van der Waals surface area contributed by atoms with Gasteiger partial charge in [0.25, 0.3) is 0 Å². The molecule has 76 valence electrons. The van der Waals surface area contributed by atoms with Gasteiger partial charge in [-0.15, -0.1) is 33.2 Å². The summed E-state index contributed by atoms with van der Waals surface area (Å²) in [5, 5.41) is 0. The molecule has 0 aliphatic carbocycles. The van der Waals surface area contributed by atoms with Gasteiger partial charge in [-0.3, -0.25) is 0 Å². The van der Waals surface area contributed by atoms with Gasteiger partial charge in [0, 0.05) is 0 Å². The average molecular weight is 250 g/mol. The smallest absolute Gasteiger partial charge is 0.130 e. The second kappa shape index (κ2) is 14.6. The van der Waals surface area contributed by atoms with Gasteiger partial charge in [0.15, 0.2) is 0 Å². The Morgan fingerprint density at radius 3 is 1.17 bits per heavy atom. The lowest BCUT2D eigenvalue weighted by Gasteiger charge is -1.93. The highest BCUT2D eigenvalue weighted by atomic mass is 35.8. The molecule has 0 aliphatic rings. The first kappa shape index (κ1) is 15.6. The molecule has 0 aromatic heterocycles. The molecule has 0 unspecified atom stereocenters. The third-order valence-electron chi connectivity index (χ3n) is 1.46. The van der Waals surface area contributed by atoms with E-state index in [1.54, 1.807) is 0 Å². The third kappa shape index (κ3) is 30.4. The molecule has 0 aliphatic heterocycles. The Morgan fingerprint density at radius 1 is 0.750 bits per heavy atom. The molecule has 0 spiro atoms. The molecular formula is C8H19Cl3Si. The SMILES string of the molecule is CCCCCCCC.Cl[SiH](Cl)Cl. The van der Waals surface area contributed by atoms with Gasteiger partial charge in [0.1, 0.15) is 0 Å². The van der Waals surface area contributed by atoms with Crippen molar-refractivity contribution in [3.05, 3.63) is 0 Å². The molecule has 0 amide bonds. The molecule has 0 rings (SSSR count). The van der Waals surface area contributed by atoms with Crippen molar-refractivity contribution in [3.63, 3.8) is 0 Å². The zero-order valence-electron chi connectivity index (χ0n) is 7.95. The second-order valence-corrected chi connectivity index (χ2v) is 9.09. The summed E-state index contributed by atoms with van der Waals surface area (Å²) in [5.74, 6) is 0. The van der Waals surface area contributed by atoms with E-state index in [4.69, 9.17) is 33.2 Å². The molecule has 0 N–H and O–H groups in total. The lowest BCUT2D eigenvalue weighted by molar-refractivity contribution is 0.624. The van der Waals surface area contributed by atoms with Crippen LogP contribution in [0.3, 0.4) is 0 Å². The minimum Gasteiger partial charge on any atom is -0.130 e. The van der Waals surface area contributed by atoms with E-state index >= 15 is 0 Å². The van der Waals surface area contributed by atoms with E-state index in [9.17, 15) is 0 Å². The Bertz CT molecular complexity index is 60.6. The van der Waals surface area contributed by atoms with Crippen LogP contribution in [0.1, 0.15) is 52.4 Å². The molecule has 0 aromatic carbocycles. The van der Waals surface area contributed by atoms with Crippen molar-refractivity contribution in [2.75, 3.05) is 0 Å². The van der Waals surface area contributed by atoms with Crippen LogP contribution >= 0.6 is 33.2 Å². The van der Waals surface area contributed by atoms with Gasteiger partial charge in [-0.1, -0.05) is 52.4 Å². The predicted molar refractivity (Wildman–Crippen MR) is 63.8 cm³/mol. The van der Waals surface area contributed by atoms with Crippen molar-refractivity contribution in [2.45, 2.75) is 52.4 Å². The van der Waals surface area contributed by atoms with Gasteiger partial charge >= 0.3 is 6.73 Å². The summed E-state index contributed by atoms with van der Waals surface area (Å²) in [7, 11) is 0. The van der Waals surface area contributed by atoms with Crippen LogP contribution in [0.2, 0.25) is 0 Å². The van der Waals surface area contributed by atoms with Gasteiger partial charge < -0.3 is 0 Å². The van der Waals surface area contributed by atoms with Crippen LogP contribution in [0.4, 0.5) is 0 Å². The van der Waals surface area contributed by atoms with Crippen LogP contribution in [-0.2, 0) is 0 Å². The highest BCUT2D eigenvalue weighted by Gasteiger charge is 1.85. The van der Waals surface area contributed by atoms with E-state index in [0.29, 0.717) is 0 Å². The molecule has 0 bridgehead atoms. The topological polar surface area (TPSA) is 0 Å².